The van der Waals surface area contributed by atoms with Crippen LogP contribution in [0, 0.1) is 5.92 Å². The first-order valence-corrected chi connectivity index (χ1v) is 8.27. The third-order valence-corrected chi connectivity index (χ3v) is 4.48. The van der Waals surface area contributed by atoms with Crippen molar-refractivity contribution >= 4 is 28.9 Å². The second kappa shape index (κ2) is 7.01. The van der Waals surface area contributed by atoms with Crippen LogP contribution >= 0.6 is 11.6 Å². The van der Waals surface area contributed by atoms with E-state index in [0.29, 0.717) is 16.4 Å². The molecule has 0 spiro atoms. The highest BCUT2D eigenvalue weighted by molar-refractivity contribution is 6.30. The zero-order valence-corrected chi connectivity index (χ0v) is 13.9. The lowest BCUT2D eigenvalue weighted by atomic mass is 9.99. The third-order valence-electron chi connectivity index (χ3n) is 4.23. The van der Waals surface area contributed by atoms with Gasteiger partial charge in [0.2, 0.25) is 0 Å². The van der Waals surface area contributed by atoms with Gasteiger partial charge in [-0.25, -0.2) is 0 Å². The zero-order valence-electron chi connectivity index (χ0n) is 13.1. The van der Waals surface area contributed by atoms with Gasteiger partial charge in [-0.3, -0.25) is 9.78 Å². The van der Waals surface area contributed by atoms with E-state index in [9.17, 15) is 4.79 Å². The molecule has 0 atom stereocenters. The molecular formula is C18H20ClN3O. The molecule has 0 bridgehead atoms. The average Bonchev–Trinajstić information content (AvgIpc) is 2.58. The Kier molecular flexibility index (Phi) is 4.82. The van der Waals surface area contributed by atoms with Crippen molar-refractivity contribution in [2.24, 2.45) is 5.92 Å². The highest BCUT2D eigenvalue weighted by atomic mass is 35.5. The van der Waals surface area contributed by atoms with Crippen molar-refractivity contribution in [1.29, 1.82) is 0 Å². The van der Waals surface area contributed by atoms with Crippen LogP contribution in [0.15, 0.2) is 42.6 Å². The van der Waals surface area contributed by atoms with E-state index in [-0.39, 0.29) is 5.91 Å². The van der Waals surface area contributed by atoms with Gasteiger partial charge in [0.05, 0.1) is 0 Å². The van der Waals surface area contributed by atoms with Gasteiger partial charge in [0.25, 0.3) is 5.91 Å². The summed E-state index contributed by atoms with van der Waals surface area (Å²) in [4.78, 5) is 18.9. The second-order valence-electron chi connectivity index (χ2n) is 6.03. The molecule has 1 aliphatic heterocycles. The summed E-state index contributed by atoms with van der Waals surface area (Å²) < 4.78 is 0. The molecule has 3 rings (SSSR count). The number of anilines is 2. The van der Waals surface area contributed by atoms with E-state index < -0.39 is 0 Å². The van der Waals surface area contributed by atoms with Crippen molar-refractivity contribution in [3.05, 3.63) is 53.3 Å². The Morgan fingerprint density at radius 3 is 2.61 bits per heavy atom. The number of piperidine rings is 1. The van der Waals surface area contributed by atoms with E-state index in [2.05, 4.69) is 22.1 Å². The number of amides is 1. The van der Waals surface area contributed by atoms with E-state index >= 15 is 0 Å². The minimum atomic E-state index is -0.209. The Hall–Kier alpha value is -2.07. The van der Waals surface area contributed by atoms with Crippen LogP contribution in [0.2, 0.25) is 5.02 Å². The van der Waals surface area contributed by atoms with Gasteiger partial charge >= 0.3 is 0 Å². The number of carbonyl (C=O) groups is 1. The minimum absolute atomic E-state index is 0.209. The smallest absolute Gasteiger partial charge is 0.274 e. The molecule has 4 nitrogen and oxygen atoms in total. The number of carbonyl (C=O) groups excluding carboxylic acids is 1. The molecule has 5 heteroatoms. The molecule has 1 aromatic carbocycles. The number of nitrogens with one attached hydrogen (secondary N) is 1. The summed E-state index contributed by atoms with van der Waals surface area (Å²) in [6, 6.07) is 10.9. The number of pyridine rings is 1. The SMILES string of the molecule is CC1CCN(c2ccnc(C(=O)Nc3ccc(Cl)cc3)c2)CC1. The first-order valence-electron chi connectivity index (χ1n) is 7.90. The maximum absolute atomic E-state index is 12.4. The molecular weight excluding hydrogens is 310 g/mol. The summed E-state index contributed by atoms with van der Waals surface area (Å²) in [5.41, 5.74) is 2.20. The molecule has 0 unspecified atom stereocenters. The fourth-order valence-corrected chi connectivity index (χ4v) is 2.86. The Labute approximate surface area is 141 Å². The van der Waals surface area contributed by atoms with Crippen LogP contribution in [0.25, 0.3) is 0 Å². The van der Waals surface area contributed by atoms with Crippen molar-refractivity contribution in [3.8, 4) is 0 Å². The molecule has 1 aromatic heterocycles. The van der Waals surface area contributed by atoms with E-state index in [4.69, 9.17) is 11.6 Å². The van der Waals surface area contributed by atoms with Gasteiger partial charge in [-0.05, 0) is 55.2 Å². The lowest BCUT2D eigenvalue weighted by Crippen LogP contribution is -2.33. The standard InChI is InChI=1S/C18H20ClN3O/c1-13-7-10-22(11-8-13)16-6-9-20-17(12-16)18(23)21-15-4-2-14(19)3-5-15/h2-6,9,12-13H,7-8,10-11H2,1H3,(H,21,23). The zero-order chi connectivity index (χ0) is 16.2. The van der Waals surface area contributed by atoms with Crippen molar-refractivity contribution < 1.29 is 4.79 Å². The van der Waals surface area contributed by atoms with Crippen LogP contribution in [0.4, 0.5) is 11.4 Å². The fourth-order valence-electron chi connectivity index (χ4n) is 2.74. The number of nitrogens with zero attached hydrogens (tertiary/aromatic N) is 2. The average molecular weight is 330 g/mol. The van der Waals surface area contributed by atoms with Gasteiger partial charge in [-0.2, -0.15) is 0 Å². The molecule has 23 heavy (non-hydrogen) atoms. The van der Waals surface area contributed by atoms with Gasteiger partial charge in [0.15, 0.2) is 0 Å². The van der Waals surface area contributed by atoms with Gasteiger partial charge < -0.3 is 10.2 Å². The summed E-state index contributed by atoms with van der Waals surface area (Å²) in [6.45, 7) is 4.35. The Morgan fingerprint density at radius 2 is 1.91 bits per heavy atom. The normalized spacial score (nSPS) is 15.5. The number of hydrogen-bond acceptors (Lipinski definition) is 3. The molecule has 2 heterocycles. The van der Waals surface area contributed by atoms with Gasteiger partial charge in [-0.1, -0.05) is 18.5 Å². The van der Waals surface area contributed by atoms with Crippen molar-refractivity contribution in [2.45, 2.75) is 19.8 Å². The predicted molar refractivity (Wildman–Crippen MR) is 94.3 cm³/mol. The highest BCUT2D eigenvalue weighted by Gasteiger charge is 2.17. The van der Waals surface area contributed by atoms with Gasteiger partial charge in [0, 0.05) is 35.7 Å². The predicted octanol–water partition coefficient (Wildman–Crippen LogP) is 4.22. The Bertz CT molecular complexity index is 679. The molecule has 1 fully saturated rings. The number of halogens is 1. The van der Waals surface area contributed by atoms with Crippen molar-refractivity contribution in [1.82, 2.24) is 4.98 Å². The van der Waals surface area contributed by atoms with Crippen LogP contribution in [0.5, 0.6) is 0 Å². The second-order valence-corrected chi connectivity index (χ2v) is 6.47. The van der Waals surface area contributed by atoms with E-state index in [1.807, 2.05) is 12.1 Å². The minimum Gasteiger partial charge on any atom is -0.371 e. The first-order chi connectivity index (χ1) is 11.1. The van der Waals surface area contributed by atoms with Crippen LogP contribution in [-0.2, 0) is 0 Å². The van der Waals surface area contributed by atoms with Crippen LogP contribution < -0.4 is 10.2 Å². The Balaban J connectivity index is 1.71. The molecule has 0 aliphatic carbocycles. The largest absolute Gasteiger partial charge is 0.371 e. The summed E-state index contributed by atoms with van der Waals surface area (Å²) in [7, 11) is 0. The highest BCUT2D eigenvalue weighted by Crippen LogP contribution is 2.23. The van der Waals surface area contributed by atoms with E-state index in [0.717, 1.165) is 24.7 Å². The van der Waals surface area contributed by atoms with Crippen LogP contribution in [0.3, 0.4) is 0 Å². The molecule has 1 amide bonds. The van der Waals surface area contributed by atoms with Gasteiger partial charge in [-0.15, -0.1) is 0 Å². The van der Waals surface area contributed by atoms with Crippen molar-refractivity contribution in [2.75, 3.05) is 23.3 Å². The summed E-state index contributed by atoms with van der Waals surface area (Å²) in [5.74, 6) is 0.570. The summed E-state index contributed by atoms with van der Waals surface area (Å²) in [6.07, 6.45) is 4.08. The topological polar surface area (TPSA) is 45.2 Å². The maximum atomic E-state index is 12.4. The monoisotopic (exact) mass is 329 g/mol. The molecule has 1 aliphatic rings. The lowest BCUT2D eigenvalue weighted by molar-refractivity contribution is 0.102. The molecule has 1 saturated heterocycles. The van der Waals surface area contributed by atoms with Crippen molar-refractivity contribution in [3.63, 3.8) is 0 Å². The van der Waals surface area contributed by atoms with Crippen LogP contribution in [0.1, 0.15) is 30.3 Å². The van der Waals surface area contributed by atoms with E-state index in [1.165, 1.54) is 12.8 Å². The molecule has 2 aromatic rings. The number of hydrogen-bond donors (Lipinski definition) is 1. The Morgan fingerprint density at radius 1 is 1.22 bits per heavy atom. The quantitative estimate of drug-likeness (QED) is 0.916. The number of rotatable bonds is 3. The third kappa shape index (κ3) is 4.02. The molecule has 0 saturated carbocycles. The molecule has 120 valence electrons. The lowest BCUT2D eigenvalue weighted by Gasteiger charge is -2.32. The number of benzene rings is 1. The first kappa shape index (κ1) is 15.8. The molecule has 1 N–H and O–H groups in total. The van der Waals surface area contributed by atoms with Crippen LogP contribution in [-0.4, -0.2) is 24.0 Å². The number of aromatic nitrogens is 1. The fraction of sp³-hybridized carbons (Fsp3) is 0.333. The maximum Gasteiger partial charge on any atom is 0.274 e. The molecule has 0 radical (unpaired) electrons. The van der Waals surface area contributed by atoms with Gasteiger partial charge in [0.1, 0.15) is 5.69 Å². The van der Waals surface area contributed by atoms with E-state index in [1.54, 1.807) is 30.5 Å². The summed E-state index contributed by atoms with van der Waals surface area (Å²) >= 11 is 5.85. The summed E-state index contributed by atoms with van der Waals surface area (Å²) in [5, 5.41) is 3.49.